The number of rotatable bonds is 11. The van der Waals surface area contributed by atoms with Crippen molar-refractivity contribution in [3.63, 3.8) is 0 Å². The van der Waals surface area contributed by atoms with Gasteiger partial charge in [0.05, 0.1) is 25.4 Å². The van der Waals surface area contributed by atoms with Crippen LogP contribution < -0.4 is 0 Å². The van der Waals surface area contributed by atoms with Crippen LogP contribution in [0.25, 0.3) is 0 Å². The van der Waals surface area contributed by atoms with Gasteiger partial charge in [0, 0.05) is 6.54 Å². The van der Waals surface area contributed by atoms with Crippen LogP contribution in [0, 0.1) is 5.41 Å². The van der Waals surface area contributed by atoms with Gasteiger partial charge in [0.15, 0.2) is 0 Å². The average Bonchev–Trinajstić information content (AvgIpc) is 2.59. The van der Waals surface area contributed by atoms with Gasteiger partial charge in [-0.15, -0.1) is 0 Å². The Balaban J connectivity index is 3.35. The van der Waals surface area contributed by atoms with E-state index in [-0.39, 0.29) is 32.6 Å². The van der Waals surface area contributed by atoms with Gasteiger partial charge < -0.3 is 15.1 Å². The summed E-state index contributed by atoms with van der Waals surface area (Å²) in [5, 5.41) is 19.7. The van der Waals surface area contributed by atoms with Crippen molar-refractivity contribution < 1.29 is 37.9 Å². The minimum Gasteiger partial charge on any atom is -0.481 e. The number of nitrogens with zero attached hydrogens (tertiary/aromatic N) is 1. The number of unbranched alkanes of at least 4 members (excludes halogenated alkanes) is 1. The van der Waals surface area contributed by atoms with Crippen LogP contribution in [0.5, 0.6) is 0 Å². The monoisotopic (exact) mass is 409 g/mol. The predicted molar refractivity (Wildman–Crippen MR) is 98.8 cm³/mol. The molecule has 10 heteroatoms. The largest absolute Gasteiger partial charge is 0.481 e. The van der Waals surface area contributed by atoms with Crippen molar-refractivity contribution in [2.75, 3.05) is 19.8 Å². The highest BCUT2D eigenvalue weighted by molar-refractivity contribution is 7.48. The number of likely N-dealkylation sites (tertiary alicyclic amines) is 1. The fraction of sp³-hybridized carbons (Fsp3) is 0.882. The molecule has 1 heterocycles. The first kappa shape index (κ1) is 23.9. The molecule has 158 valence electrons. The molecule has 0 aromatic carbocycles. The molecule has 1 aliphatic heterocycles. The standard InChI is InChI=1S/C17H32NO8P/c1-5-9-10-13-17(6-2,15(19)20)14(11-12-18(13)16(21)22)26-27(23,24-7-3)25-8-4/h13-14H,5-12H2,1-4H3,(H,19,20)(H,21,22). The number of piperidine rings is 1. The lowest BCUT2D eigenvalue weighted by atomic mass is 9.67. The molecule has 0 radical (unpaired) electrons. The highest BCUT2D eigenvalue weighted by Gasteiger charge is 2.58. The highest BCUT2D eigenvalue weighted by Crippen LogP contribution is 2.55. The number of aliphatic carboxylic acids is 1. The third-order valence-electron chi connectivity index (χ3n) is 5.07. The molecule has 1 rings (SSSR count). The van der Waals surface area contributed by atoms with Gasteiger partial charge >= 0.3 is 19.9 Å². The van der Waals surface area contributed by atoms with Crippen LogP contribution in [0.3, 0.4) is 0 Å². The molecule has 3 unspecified atom stereocenters. The Morgan fingerprint density at radius 2 is 1.74 bits per heavy atom. The van der Waals surface area contributed by atoms with Crippen LogP contribution in [0.4, 0.5) is 4.79 Å². The summed E-state index contributed by atoms with van der Waals surface area (Å²) in [5.74, 6) is -1.17. The first-order chi connectivity index (χ1) is 12.7. The topological polar surface area (TPSA) is 123 Å². The van der Waals surface area contributed by atoms with Gasteiger partial charge in [0.2, 0.25) is 0 Å². The number of carboxylic acids is 1. The molecule has 2 N–H and O–H groups in total. The van der Waals surface area contributed by atoms with Gasteiger partial charge in [-0.1, -0.05) is 26.7 Å². The third kappa shape index (κ3) is 5.22. The lowest BCUT2D eigenvalue weighted by Crippen LogP contribution is -2.63. The third-order valence-corrected chi connectivity index (χ3v) is 6.73. The Morgan fingerprint density at radius 1 is 1.15 bits per heavy atom. The lowest BCUT2D eigenvalue weighted by Gasteiger charge is -2.50. The van der Waals surface area contributed by atoms with E-state index in [4.69, 9.17) is 13.6 Å². The Morgan fingerprint density at radius 3 is 2.15 bits per heavy atom. The summed E-state index contributed by atoms with van der Waals surface area (Å²) < 4.78 is 28.9. The summed E-state index contributed by atoms with van der Waals surface area (Å²) in [6.07, 6.45) is -0.0671. The van der Waals surface area contributed by atoms with Gasteiger partial charge in [0.25, 0.3) is 0 Å². The average molecular weight is 409 g/mol. The number of amides is 1. The molecule has 3 atom stereocenters. The van der Waals surface area contributed by atoms with E-state index in [1.807, 2.05) is 6.92 Å². The second-order valence-corrected chi connectivity index (χ2v) is 8.12. The number of phosphoric acid groups is 1. The van der Waals surface area contributed by atoms with Crippen molar-refractivity contribution in [1.29, 1.82) is 0 Å². The number of phosphoric ester groups is 1. The molecule has 0 aromatic rings. The number of carboxylic acid groups (broad SMARTS) is 2. The van der Waals surface area contributed by atoms with Crippen LogP contribution >= 0.6 is 7.82 Å². The lowest BCUT2D eigenvalue weighted by molar-refractivity contribution is -0.169. The van der Waals surface area contributed by atoms with E-state index in [1.54, 1.807) is 20.8 Å². The summed E-state index contributed by atoms with van der Waals surface area (Å²) in [7, 11) is -3.95. The Hall–Kier alpha value is -1.15. The summed E-state index contributed by atoms with van der Waals surface area (Å²) in [4.78, 5) is 25.3. The fourth-order valence-electron chi connectivity index (χ4n) is 3.81. The van der Waals surface area contributed by atoms with Gasteiger partial charge in [-0.05, 0) is 33.1 Å². The van der Waals surface area contributed by atoms with Crippen molar-refractivity contribution in [1.82, 2.24) is 4.90 Å². The normalized spacial score (nSPS) is 26.1. The molecule has 0 aromatic heterocycles. The maximum atomic E-state index is 12.9. The zero-order chi connectivity index (χ0) is 20.7. The van der Waals surface area contributed by atoms with Crippen molar-refractivity contribution in [3.05, 3.63) is 0 Å². The molecule has 1 aliphatic rings. The molecule has 9 nitrogen and oxygen atoms in total. The fourth-order valence-corrected chi connectivity index (χ4v) is 5.25. The number of hydrogen-bond donors (Lipinski definition) is 2. The van der Waals surface area contributed by atoms with Gasteiger partial charge in [0.1, 0.15) is 5.41 Å². The van der Waals surface area contributed by atoms with E-state index < -0.39 is 37.4 Å². The zero-order valence-electron chi connectivity index (χ0n) is 16.5. The summed E-state index contributed by atoms with van der Waals surface area (Å²) in [6.45, 7) is 7.16. The molecule has 0 saturated carbocycles. The highest BCUT2D eigenvalue weighted by atomic mass is 31.2. The SMILES string of the molecule is CCCCC1N(C(=O)O)CCC(OP(=O)(OCC)OCC)C1(CC)C(=O)O. The van der Waals surface area contributed by atoms with Crippen LogP contribution in [-0.4, -0.2) is 59.1 Å². The van der Waals surface area contributed by atoms with E-state index in [0.29, 0.717) is 12.8 Å². The second-order valence-electron chi connectivity index (χ2n) is 6.50. The maximum absolute atomic E-state index is 12.9. The molecule has 0 spiro atoms. The summed E-state index contributed by atoms with van der Waals surface area (Å²) in [6, 6.07) is -0.784. The van der Waals surface area contributed by atoms with Crippen molar-refractivity contribution in [2.24, 2.45) is 5.41 Å². The quantitative estimate of drug-likeness (QED) is 0.491. The zero-order valence-corrected chi connectivity index (χ0v) is 17.4. The van der Waals surface area contributed by atoms with Gasteiger partial charge in [-0.2, -0.15) is 0 Å². The van der Waals surface area contributed by atoms with Crippen molar-refractivity contribution >= 4 is 19.9 Å². The van der Waals surface area contributed by atoms with E-state index >= 15 is 0 Å². The maximum Gasteiger partial charge on any atom is 0.475 e. The molecular weight excluding hydrogens is 377 g/mol. The minimum atomic E-state index is -3.95. The molecule has 0 aliphatic carbocycles. The molecule has 1 fully saturated rings. The van der Waals surface area contributed by atoms with Crippen LogP contribution in [0.2, 0.25) is 0 Å². The van der Waals surface area contributed by atoms with Gasteiger partial charge in [-0.3, -0.25) is 18.4 Å². The Labute approximate surface area is 160 Å². The molecule has 1 amide bonds. The van der Waals surface area contributed by atoms with Crippen molar-refractivity contribution in [2.45, 2.75) is 71.9 Å². The first-order valence-corrected chi connectivity index (χ1v) is 11.0. The Bertz CT molecular complexity index is 547. The minimum absolute atomic E-state index is 0.0801. The van der Waals surface area contributed by atoms with Gasteiger partial charge in [-0.25, -0.2) is 9.36 Å². The molecular formula is C17H32NO8P. The van der Waals surface area contributed by atoms with E-state index in [2.05, 4.69) is 0 Å². The van der Waals surface area contributed by atoms with Crippen LogP contribution in [0.15, 0.2) is 0 Å². The first-order valence-electron chi connectivity index (χ1n) is 9.52. The number of carbonyl (C=O) groups is 2. The number of hydrogen-bond acceptors (Lipinski definition) is 6. The smallest absolute Gasteiger partial charge is 0.475 e. The summed E-state index contributed by atoms with van der Waals surface area (Å²) in [5.41, 5.74) is -1.53. The second kappa shape index (κ2) is 10.4. The van der Waals surface area contributed by atoms with E-state index in [0.717, 1.165) is 6.42 Å². The molecule has 27 heavy (non-hydrogen) atoms. The van der Waals surface area contributed by atoms with E-state index in [1.165, 1.54) is 4.90 Å². The van der Waals surface area contributed by atoms with Crippen molar-refractivity contribution in [3.8, 4) is 0 Å². The molecule has 1 saturated heterocycles. The van der Waals surface area contributed by atoms with Crippen LogP contribution in [-0.2, 0) is 22.9 Å². The Kier molecular flexibility index (Phi) is 9.21. The van der Waals surface area contributed by atoms with E-state index in [9.17, 15) is 24.4 Å². The van der Waals surface area contributed by atoms with Crippen LogP contribution in [0.1, 0.15) is 59.8 Å². The predicted octanol–water partition coefficient (Wildman–Crippen LogP) is 3.98. The summed E-state index contributed by atoms with van der Waals surface area (Å²) >= 11 is 0. The molecule has 0 bridgehead atoms.